The summed E-state index contributed by atoms with van der Waals surface area (Å²) in [6.45, 7) is 0. The minimum atomic E-state index is -3.18. The molecule has 3 nitrogen and oxygen atoms in total. The van der Waals surface area contributed by atoms with Crippen molar-refractivity contribution in [3.05, 3.63) is 58.9 Å². The van der Waals surface area contributed by atoms with Crippen molar-refractivity contribution in [3.8, 4) is 21.8 Å². The van der Waals surface area contributed by atoms with Gasteiger partial charge in [-0.15, -0.1) is 11.3 Å². The molecule has 22 heavy (non-hydrogen) atoms. The fraction of sp³-hybridized carbons (Fsp3) is 0.0625. The predicted octanol–water partition coefficient (Wildman–Crippen LogP) is 4.53. The third-order valence-corrected chi connectivity index (χ3v) is 5.41. The Morgan fingerprint density at radius 2 is 1.77 bits per heavy atom. The third-order valence-electron chi connectivity index (χ3n) is 3.15. The highest BCUT2D eigenvalue weighted by Crippen LogP contribution is 2.30. The topological polar surface area (TPSA) is 47.0 Å². The molecule has 0 fully saturated rings. The van der Waals surface area contributed by atoms with Crippen LogP contribution in [0.3, 0.4) is 0 Å². The van der Waals surface area contributed by atoms with E-state index in [1.807, 2.05) is 29.6 Å². The molecule has 0 bridgehead atoms. The van der Waals surface area contributed by atoms with E-state index in [9.17, 15) is 8.42 Å². The number of thiazole rings is 1. The molecule has 0 atom stereocenters. The van der Waals surface area contributed by atoms with Gasteiger partial charge in [-0.05, 0) is 24.3 Å². The molecule has 112 valence electrons. The van der Waals surface area contributed by atoms with Crippen LogP contribution in [0.5, 0.6) is 0 Å². The van der Waals surface area contributed by atoms with Crippen molar-refractivity contribution in [1.82, 2.24) is 4.98 Å². The number of hydrogen-bond acceptors (Lipinski definition) is 4. The molecule has 0 spiro atoms. The quantitative estimate of drug-likeness (QED) is 0.697. The first-order valence-electron chi connectivity index (χ1n) is 6.45. The lowest BCUT2D eigenvalue weighted by Crippen LogP contribution is -1.96. The molecule has 1 heterocycles. The van der Waals surface area contributed by atoms with Crippen LogP contribution in [0, 0.1) is 0 Å². The lowest BCUT2D eigenvalue weighted by Gasteiger charge is -2.00. The molecule has 1 aromatic heterocycles. The van der Waals surface area contributed by atoms with Crippen LogP contribution in [0.1, 0.15) is 0 Å². The van der Waals surface area contributed by atoms with E-state index >= 15 is 0 Å². The van der Waals surface area contributed by atoms with Crippen LogP contribution in [0.15, 0.2) is 58.8 Å². The van der Waals surface area contributed by atoms with Crippen molar-refractivity contribution in [1.29, 1.82) is 0 Å². The van der Waals surface area contributed by atoms with Gasteiger partial charge in [0, 0.05) is 27.8 Å². The number of halogens is 1. The van der Waals surface area contributed by atoms with E-state index in [-0.39, 0.29) is 0 Å². The molecule has 6 heteroatoms. The maximum absolute atomic E-state index is 11.5. The molecule has 3 rings (SSSR count). The largest absolute Gasteiger partial charge is 0.236 e. The van der Waals surface area contributed by atoms with E-state index in [4.69, 9.17) is 11.6 Å². The standard InChI is InChI=1S/C16H12ClNO2S2/c1-22(19,20)14-7-5-11(6-8-14)15-10-21-16(18-15)12-3-2-4-13(17)9-12/h2-10H,1H3. The maximum atomic E-state index is 11.5. The van der Waals surface area contributed by atoms with E-state index < -0.39 is 9.84 Å². The third kappa shape index (κ3) is 3.21. The zero-order valence-corrected chi connectivity index (χ0v) is 14.0. The highest BCUT2D eigenvalue weighted by molar-refractivity contribution is 7.90. The van der Waals surface area contributed by atoms with Crippen LogP contribution in [-0.2, 0) is 9.84 Å². The molecular weight excluding hydrogens is 338 g/mol. The fourth-order valence-electron chi connectivity index (χ4n) is 2.03. The van der Waals surface area contributed by atoms with Gasteiger partial charge in [-0.25, -0.2) is 13.4 Å². The first-order chi connectivity index (χ1) is 10.4. The minimum Gasteiger partial charge on any atom is -0.236 e. The number of nitrogens with zero attached hydrogens (tertiary/aromatic N) is 1. The number of rotatable bonds is 3. The van der Waals surface area contributed by atoms with Crippen molar-refractivity contribution in [3.63, 3.8) is 0 Å². The number of sulfone groups is 1. The SMILES string of the molecule is CS(=O)(=O)c1ccc(-c2csc(-c3cccc(Cl)c3)n2)cc1. The molecule has 0 unspecified atom stereocenters. The van der Waals surface area contributed by atoms with Crippen LogP contribution in [0.4, 0.5) is 0 Å². The summed E-state index contributed by atoms with van der Waals surface area (Å²) in [5, 5.41) is 3.50. The van der Waals surface area contributed by atoms with Crippen molar-refractivity contribution in [2.75, 3.05) is 6.26 Å². The lowest BCUT2D eigenvalue weighted by molar-refractivity contribution is 0.602. The average molecular weight is 350 g/mol. The Labute approximate surface area is 138 Å². The summed E-state index contributed by atoms with van der Waals surface area (Å²) in [5.74, 6) is 0. The average Bonchev–Trinajstić information content (AvgIpc) is 2.96. The smallest absolute Gasteiger partial charge is 0.175 e. The Morgan fingerprint density at radius 1 is 1.05 bits per heavy atom. The van der Waals surface area contributed by atoms with E-state index in [0.29, 0.717) is 9.92 Å². The first kappa shape index (κ1) is 15.2. The Bertz CT molecular complexity index is 915. The fourth-order valence-corrected chi connectivity index (χ4v) is 3.68. The van der Waals surface area contributed by atoms with E-state index in [0.717, 1.165) is 21.8 Å². The van der Waals surface area contributed by atoms with Crippen LogP contribution in [-0.4, -0.2) is 19.7 Å². The van der Waals surface area contributed by atoms with Gasteiger partial charge in [-0.2, -0.15) is 0 Å². The van der Waals surface area contributed by atoms with E-state index in [2.05, 4.69) is 4.98 Å². The van der Waals surface area contributed by atoms with Gasteiger partial charge < -0.3 is 0 Å². The second kappa shape index (κ2) is 5.83. The van der Waals surface area contributed by atoms with Crippen molar-refractivity contribution in [2.45, 2.75) is 4.90 Å². The van der Waals surface area contributed by atoms with Crippen LogP contribution in [0.25, 0.3) is 21.8 Å². The Kier molecular flexibility index (Phi) is 4.04. The van der Waals surface area contributed by atoms with Gasteiger partial charge in [-0.1, -0.05) is 35.9 Å². The summed E-state index contributed by atoms with van der Waals surface area (Å²) in [6.07, 6.45) is 1.20. The van der Waals surface area contributed by atoms with Crippen LogP contribution < -0.4 is 0 Å². The molecule has 3 aromatic rings. The summed E-state index contributed by atoms with van der Waals surface area (Å²) in [5.41, 5.74) is 2.67. The lowest BCUT2D eigenvalue weighted by atomic mass is 10.2. The zero-order chi connectivity index (χ0) is 15.7. The Balaban J connectivity index is 1.94. The molecule has 0 aliphatic carbocycles. The number of benzene rings is 2. The molecule has 0 aliphatic heterocycles. The van der Waals surface area contributed by atoms with Gasteiger partial charge in [-0.3, -0.25) is 0 Å². The molecule has 0 N–H and O–H groups in total. The highest BCUT2D eigenvalue weighted by atomic mass is 35.5. The van der Waals surface area contributed by atoms with Crippen molar-refractivity contribution >= 4 is 32.8 Å². The van der Waals surface area contributed by atoms with Crippen LogP contribution >= 0.6 is 22.9 Å². The maximum Gasteiger partial charge on any atom is 0.175 e. The summed E-state index contributed by atoms with van der Waals surface area (Å²) in [6, 6.07) is 14.3. The summed E-state index contributed by atoms with van der Waals surface area (Å²) >= 11 is 7.53. The van der Waals surface area contributed by atoms with Gasteiger partial charge in [0.05, 0.1) is 10.6 Å². The second-order valence-electron chi connectivity index (χ2n) is 4.84. The molecule has 0 saturated heterocycles. The monoisotopic (exact) mass is 349 g/mol. The van der Waals surface area contributed by atoms with Gasteiger partial charge in [0.15, 0.2) is 9.84 Å². The highest BCUT2D eigenvalue weighted by Gasteiger charge is 2.10. The van der Waals surface area contributed by atoms with Crippen molar-refractivity contribution < 1.29 is 8.42 Å². The number of aromatic nitrogens is 1. The Morgan fingerprint density at radius 3 is 2.41 bits per heavy atom. The molecule has 0 radical (unpaired) electrons. The summed E-state index contributed by atoms with van der Waals surface area (Å²) in [7, 11) is -3.18. The summed E-state index contributed by atoms with van der Waals surface area (Å²) in [4.78, 5) is 4.90. The zero-order valence-electron chi connectivity index (χ0n) is 11.7. The van der Waals surface area contributed by atoms with Gasteiger partial charge in [0.25, 0.3) is 0 Å². The first-order valence-corrected chi connectivity index (χ1v) is 9.60. The molecule has 0 aliphatic rings. The molecule has 2 aromatic carbocycles. The van der Waals surface area contributed by atoms with E-state index in [1.165, 1.54) is 17.6 Å². The van der Waals surface area contributed by atoms with Gasteiger partial charge in [0.1, 0.15) is 5.01 Å². The van der Waals surface area contributed by atoms with Crippen molar-refractivity contribution in [2.24, 2.45) is 0 Å². The van der Waals surface area contributed by atoms with Gasteiger partial charge >= 0.3 is 0 Å². The molecular formula is C16H12ClNO2S2. The minimum absolute atomic E-state index is 0.307. The predicted molar refractivity (Wildman–Crippen MR) is 91.1 cm³/mol. The second-order valence-corrected chi connectivity index (χ2v) is 8.16. The van der Waals surface area contributed by atoms with Crippen LogP contribution in [0.2, 0.25) is 5.02 Å². The normalized spacial score (nSPS) is 11.5. The van der Waals surface area contributed by atoms with E-state index in [1.54, 1.807) is 24.3 Å². The molecule has 0 saturated carbocycles. The Hall–Kier alpha value is -1.69. The number of hydrogen-bond donors (Lipinski definition) is 0. The van der Waals surface area contributed by atoms with Gasteiger partial charge in [0.2, 0.25) is 0 Å². The molecule has 0 amide bonds. The summed E-state index contributed by atoms with van der Waals surface area (Å²) < 4.78 is 23.0.